The molecular weight excluding hydrogens is 264 g/mol. The number of anilines is 1. The minimum Gasteiger partial charge on any atom is -0.396 e. The third-order valence-electron chi connectivity index (χ3n) is 3.18. The molecule has 3 N–H and O–H groups in total. The number of hydrogen-bond acceptors (Lipinski definition) is 3. The fourth-order valence-corrected chi connectivity index (χ4v) is 1.91. The zero-order chi connectivity index (χ0) is 15.1. The van der Waals surface area contributed by atoms with Crippen LogP contribution in [0.4, 0.5) is 14.5 Å². The lowest BCUT2D eigenvalue weighted by Gasteiger charge is -2.17. The number of hydrogen-bond donors (Lipinski definition) is 2. The molecular formula is C14H21F2N3O. The summed E-state index contributed by atoms with van der Waals surface area (Å²) in [4.78, 5) is 14.0. The second-order valence-electron chi connectivity index (χ2n) is 4.46. The predicted molar refractivity (Wildman–Crippen MR) is 75.5 cm³/mol. The van der Waals surface area contributed by atoms with Crippen molar-refractivity contribution in [2.75, 3.05) is 31.9 Å². The number of amides is 1. The van der Waals surface area contributed by atoms with Crippen LogP contribution in [-0.4, -0.2) is 37.0 Å². The van der Waals surface area contributed by atoms with Gasteiger partial charge in [-0.05, 0) is 38.2 Å². The van der Waals surface area contributed by atoms with E-state index < -0.39 is 23.1 Å². The van der Waals surface area contributed by atoms with Crippen LogP contribution in [0.15, 0.2) is 12.1 Å². The Labute approximate surface area is 117 Å². The summed E-state index contributed by atoms with van der Waals surface area (Å²) in [5.41, 5.74) is 4.48. The highest BCUT2D eigenvalue weighted by Gasteiger charge is 2.19. The Morgan fingerprint density at radius 1 is 1.30 bits per heavy atom. The lowest BCUT2D eigenvalue weighted by Crippen LogP contribution is -2.30. The maximum atomic E-state index is 13.6. The van der Waals surface area contributed by atoms with Crippen LogP contribution in [-0.2, 0) is 0 Å². The van der Waals surface area contributed by atoms with E-state index in [1.807, 2.05) is 0 Å². The Bertz CT molecular complexity index is 462. The van der Waals surface area contributed by atoms with Crippen molar-refractivity contribution in [3.8, 4) is 0 Å². The first-order valence-electron chi connectivity index (χ1n) is 6.75. The molecule has 0 spiro atoms. The summed E-state index contributed by atoms with van der Waals surface area (Å²) in [6, 6.07) is 2.09. The first-order chi connectivity index (χ1) is 9.51. The molecule has 20 heavy (non-hydrogen) atoms. The molecule has 0 aliphatic carbocycles. The molecule has 0 fully saturated rings. The van der Waals surface area contributed by atoms with Crippen molar-refractivity contribution in [3.05, 3.63) is 29.3 Å². The first-order valence-corrected chi connectivity index (χ1v) is 6.75. The molecule has 1 aromatic carbocycles. The Hall–Kier alpha value is -1.69. The minimum absolute atomic E-state index is 0.236. The normalized spacial score (nSPS) is 10.8. The third kappa shape index (κ3) is 4.16. The van der Waals surface area contributed by atoms with E-state index in [1.54, 1.807) is 0 Å². The summed E-state index contributed by atoms with van der Waals surface area (Å²) in [6.07, 6.45) is 0.721. The van der Waals surface area contributed by atoms with E-state index in [9.17, 15) is 13.6 Å². The molecule has 0 aliphatic heterocycles. The van der Waals surface area contributed by atoms with Crippen LogP contribution in [0.1, 0.15) is 30.6 Å². The Morgan fingerprint density at radius 3 is 2.55 bits per heavy atom. The molecule has 6 heteroatoms. The average Bonchev–Trinajstić information content (AvgIpc) is 2.43. The van der Waals surface area contributed by atoms with Gasteiger partial charge in [0.05, 0.1) is 5.69 Å². The smallest absolute Gasteiger partial charge is 0.257 e. The molecule has 0 heterocycles. The fourth-order valence-electron chi connectivity index (χ4n) is 1.91. The van der Waals surface area contributed by atoms with Crippen molar-refractivity contribution < 1.29 is 13.6 Å². The van der Waals surface area contributed by atoms with E-state index in [0.29, 0.717) is 6.54 Å². The maximum absolute atomic E-state index is 13.6. The van der Waals surface area contributed by atoms with E-state index >= 15 is 0 Å². The summed E-state index contributed by atoms with van der Waals surface area (Å²) in [6.45, 7) is 7.17. The summed E-state index contributed by atoms with van der Waals surface area (Å²) >= 11 is 0. The third-order valence-corrected chi connectivity index (χ3v) is 3.18. The SMILES string of the molecule is CCN(CC)CCCNC(=O)c1c(F)ccc(N)c1F. The second kappa shape index (κ2) is 7.79. The summed E-state index contributed by atoms with van der Waals surface area (Å²) < 4.78 is 27.1. The van der Waals surface area contributed by atoms with Gasteiger partial charge in [0.2, 0.25) is 0 Å². The van der Waals surface area contributed by atoms with Gasteiger partial charge in [-0.25, -0.2) is 8.78 Å². The van der Waals surface area contributed by atoms with Gasteiger partial charge in [-0.1, -0.05) is 13.8 Å². The first kappa shape index (κ1) is 16.4. The van der Waals surface area contributed by atoms with Crippen molar-refractivity contribution in [1.82, 2.24) is 10.2 Å². The van der Waals surface area contributed by atoms with Gasteiger partial charge in [0.1, 0.15) is 11.4 Å². The molecule has 4 nitrogen and oxygen atoms in total. The van der Waals surface area contributed by atoms with Crippen LogP contribution in [0.25, 0.3) is 0 Å². The van der Waals surface area contributed by atoms with Gasteiger partial charge in [0.25, 0.3) is 5.91 Å². The molecule has 0 saturated heterocycles. The number of nitrogens with one attached hydrogen (secondary N) is 1. The standard InChI is InChI=1S/C14H21F2N3O/c1-3-19(4-2)9-5-8-18-14(20)12-10(15)6-7-11(17)13(12)16/h6-7H,3-5,8-9,17H2,1-2H3,(H,18,20). The quantitative estimate of drug-likeness (QED) is 0.595. The van der Waals surface area contributed by atoms with Gasteiger partial charge in [0.15, 0.2) is 5.82 Å². The number of benzene rings is 1. The number of nitrogens with zero attached hydrogens (tertiary/aromatic N) is 1. The fraction of sp³-hybridized carbons (Fsp3) is 0.500. The highest BCUT2D eigenvalue weighted by Crippen LogP contribution is 2.18. The number of halogens is 2. The Morgan fingerprint density at radius 2 is 1.95 bits per heavy atom. The second-order valence-corrected chi connectivity index (χ2v) is 4.46. The maximum Gasteiger partial charge on any atom is 0.257 e. The van der Waals surface area contributed by atoms with E-state index in [1.165, 1.54) is 0 Å². The Kier molecular flexibility index (Phi) is 6.38. The number of carbonyl (C=O) groups excluding carboxylic acids is 1. The molecule has 1 aromatic rings. The molecule has 1 rings (SSSR count). The molecule has 0 saturated carbocycles. The lowest BCUT2D eigenvalue weighted by atomic mass is 10.1. The average molecular weight is 285 g/mol. The lowest BCUT2D eigenvalue weighted by molar-refractivity contribution is 0.0943. The van der Waals surface area contributed by atoms with Crippen LogP contribution < -0.4 is 11.1 Å². The van der Waals surface area contributed by atoms with Crippen molar-refractivity contribution in [2.45, 2.75) is 20.3 Å². The minimum atomic E-state index is -1.01. The molecule has 1 amide bonds. The summed E-state index contributed by atoms with van der Waals surface area (Å²) in [7, 11) is 0. The summed E-state index contributed by atoms with van der Waals surface area (Å²) in [5.74, 6) is -2.68. The molecule has 0 atom stereocenters. The molecule has 0 aromatic heterocycles. The van der Waals surface area contributed by atoms with Gasteiger partial charge in [-0.15, -0.1) is 0 Å². The number of nitrogens with two attached hydrogens (primary N) is 1. The van der Waals surface area contributed by atoms with Gasteiger partial charge in [0, 0.05) is 6.54 Å². The Balaban J connectivity index is 2.54. The van der Waals surface area contributed by atoms with Gasteiger partial charge >= 0.3 is 0 Å². The van der Waals surface area contributed by atoms with Crippen LogP contribution in [0.2, 0.25) is 0 Å². The zero-order valence-electron chi connectivity index (χ0n) is 11.9. The van der Waals surface area contributed by atoms with Crippen molar-refractivity contribution in [3.63, 3.8) is 0 Å². The highest BCUT2D eigenvalue weighted by molar-refractivity contribution is 5.95. The van der Waals surface area contributed by atoms with Crippen molar-refractivity contribution in [2.24, 2.45) is 0 Å². The van der Waals surface area contributed by atoms with E-state index in [4.69, 9.17) is 5.73 Å². The zero-order valence-corrected chi connectivity index (χ0v) is 11.9. The largest absolute Gasteiger partial charge is 0.396 e. The van der Waals surface area contributed by atoms with E-state index in [-0.39, 0.29) is 5.69 Å². The van der Waals surface area contributed by atoms with Crippen LogP contribution in [0.5, 0.6) is 0 Å². The summed E-state index contributed by atoms with van der Waals surface area (Å²) in [5, 5.41) is 2.51. The van der Waals surface area contributed by atoms with Gasteiger partial charge in [-0.2, -0.15) is 0 Å². The van der Waals surface area contributed by atoms with Gasteiger partial charge < -0.3 is 16.0 Å². The molecule has 0 aliphatic rings. The predicted octanol–water partition coefficient (Wildman–Crippen LogP) is 2.01. The number of carbonyl (C=O) groups is 1. The number of rotatable bonds is 7. The van der Waals surface area contributed by atoms with Crippen LogP contribution in [0.3, 0.4) is 0 Å². The van der Waals surface area contributed by atoms with Crippen LogP contribution in [0, 0.1) is 11.6 Å². The highest BCUT2D eigenvalue weighted by atomic mass is 19.1. The van der Waals surface area contributed by atoms with Gasteiger partial charge in [-0.3, -0.25) is 4.79 Å². The van der Waals surface area contributed by atoms with Crippen LogP contribution >= 0.6 is 0 Å². The molecule has 0 unspecified atom stereocenters. The number of nitrogen functional groups attached to an aromatic ring is 1. The van der Waals surface area contributed by atoms with E-state index in [0.717, 1.165) is 38.2 Å². The molecule has 112 valence electrons. The van der Waals surface area contributed by atoms with E-state index in [2.05, 4.69) is 24.1 Å². The topological polar surface area (TPSA) is 58.4 Å². The monoisotopic (exact) mass is 285 g/mol. The molecule has 0 radical (unpaired) electrons. The molecule has 0 bridgehead atoms. The van der Waals surface area contributed by atoms with Crippen molar-refractivity contribution >= 4 is 11.6 Å². The van der Waals surface area contributed by atoms with Crippen molar-refractivity contribution in [1.29, 1.82) is 0 Å².